The molecule has 0 amide bonds. The van der Waals surface area contributed by atoms with Gasteiger partial charge in [0.05, 0.1) is 6.10 Å². The van der Waals surface area contributed by atoms with Crippen LogP contribution in [0.15, 0.2) is 23.8 Å². The standard InChI is InChI=1S/C13H20O3/c1-9-7-11(15)8-12(3,4)13(9,16)6-5-10(2)14/h5-7,10,14,16H,8H2,1-4H3/b6-5+/t10-,13+/m1/s1. The zero-order valence-electron chi connectivity index (χ0n) is 10.3. The van der Waals surface area contributed by atoms with Crippen LogP contribution in [0, 0.1) is 5.41 Å². The molecule has 0 saturated heterocycles. The van der Waals surface area contributed by atoms with E-state index in [1.165, 1.54) is 6.08 Å². The molecule has 0 saturated carbocycles. The number of carbonyl (C=O) groups is 1. The molecule has 0 spiro atoms. The summed E-state index contributed by atoms with van der Waals surface area (Å²) < 4.78 is 0. The van der Waals surface area contributed by atoms with E-state index in [2.05, 4.69) is 0 Å². The number of ketones is 1. The number of allylic oxidation sites excluding steroid dienone is 1. The van der Waals surface area contributed by atoms with E-state index in [0.29, 0.717) is 12.0 Å². The van der Waals surface area contributed by atoms with Crippen molar-refractivity contribution < 1.29 is 15.0 Å². The Kier molecular flexibility index (Phi) is 3.41. The highest BCUT2D eigenvalue weighted by Crippen LogP contribution is 2.44. The van der Waals surface area contributed by atoms with Crippen LogP contribution in [0.3, 0.4) is 0 Å². The topological polar surface area (TPSA) is 57.5 Å². The molecule has 0 fully saturated rings. The number of carbonyl (C=O) groups excluding carboxylic acids is 1. The van der Waals surface area contributed by atoms with Gasteiger partial charge in [-0.25, -0.2) is 0 Å². The normalized spacial score (nSPS) is 31.6. The molecule has 0 radical (unpaired) electrons. The molecule has 2 N–H and O–H groups in total. The highest BCUT2D eigenvalue weighted by molar-refractivity contribution is 5.92. The Morgan fingerprint density at radius 2 is 2.06 bits per heavy atom. The molecular formula is C13H20O3. The molecular weight excluding hydrogens is 204 g/mol. The van der Waals surface area contributed by atoms with E-state index in [1.807, 2.05) is 13.8 Å². The zero-order chi connectivity index (χ0) is 12.6. The second kappa shape index (κ2) is 4.15. The highest BCUT2D eigenvalue weighted by Gasteiger charge is 2.46. The molecule has 2 atom stereocenters. The Morgan fingerprint density at radius 3 is 2.50 bits per heavy atom. The van der Waals surface area contributed by atoms with Gasteiger partial charge in [0.15, 0.2) is 5.78 Å². The fraction of sp³-hybridized carbons (Fsp3) is 0.615. The van der Waals surface area contributed by atoms with Crippen LogP contribution in [0.1, 0.15) is 34.1 Å². The molecule has 1 rings (SSSR count). The summed E-state index contributed by atoms with van der Waals surface area (Å²) in [6, 6.07) is 0. The third-order valence-corrected chi connectivity index (χ3v) is 3.24. The van der Waals surface area contributed by atoms with E-state index in [0.717, 1.165) is 0 Å². The van der Waals surface area contributed by atoms with Crippen molar-refractivity contribution in [1.82, 2.24) is 0 Å². The summed E-state index contributed by atoms with van der Waals surface area (Å²) in [6.45, 7) is 7.08. The average molecular weight is 224 g/mol. The van der Waals surface area contributed by atoms with Gasteiger partial charge in [-0.05, 0) is 31.6 Å². The van der Waals surface area contributed by atoms with Gasteiger partial charge in [-0.1, -0.05) is 19.9 Å². The van der Waals surface area contributed by atoms with Gasteiger partial charge < -0.3 is 10.2 Å². The Labute approximate surface area is 96.5 Å². The summed E-state index contributed by atoms with van der Waals surface area (Å²) in [7, 11) is 0. The highest BCUT2D eigenvalue weighted by atomic mass is 16.3. The largest absolute Gasteiger partial charge is 0.389 e. The first-order valence-electron chi connectivity index (χ1n) is 5.50. The molecule has 0 heterocycles. The van der Waals surface area contributed by atoms with Crippen LogP contribution in [0.5, 0.6) is 0 Å². The number of aliphatic hydroxyl groups is 2. The van der Waals surface area contributed by atoms with Crippen LogP contribution < -0.4 is 0 Å². The van der Waals surface area contributed by atoms with Crippen LogP contribution in [0.2, 0.25) is 0 Å². The Balaban J connectivity index is 3.16. The van der Waals surface area contributed by atoms with Gasteiger partial charge in [0, 0.05) is 11.8 Å². The lowest BCUT2D eigenvalue weighted by Gasteiger charge is -2.44. The first kappa shape index (κ1) is 13.1. The molecule has 1 aliphatic rings. The monoisotopic (exact) mass is 224 g/mol. The quantitative estimate of drug-likeness (QED) is 0.700. The molecule has 0 aromatic rings. The predicted molar refractivity (Wildman–Crippen MR) is 62.9 cm³/mol. The second-order valence-electron chi connectivity index (χ2n) is 5.22. The second-order valence-corrected chi connectivity index (χ2v) is 5.22. The number of rotatable bonds is 2. The van der Waals surface area contributed by atoms with Crippen LogP contribution in [-0.2, 0) is 4.79 Å². The minimum Gasteiger partial charge on any atom is -0.389 e. The summed E-state index contributed by atoms with van der Waals surface area (Å²) in [5.74, 6) is 0.0395. The van der Waals surface area contributed by atoms with E-state index >= 15 is 0 Å². The molecule has 0 aromatic carbocycles. The van der Waals surface area contributed by atoms with E-state index < -0.39 is 17.1 Å². The smallest absolute Gasteiger partial charge is 0.156 e. The lowest BCUT2D eigenvalue weighted by molar-refractivity contribution is -0.121. The average Bonchev–Trinajstić information content (AvgIpc) is 2.10. The van der Waals surface area contributed by atoms with Gasteiger partial charge in [-0.3, -0.25) is 4.79 Å². The van der Waals surface area contributed by atoms with Gasteiger partial charge in [-0.2, -0.15) is 0 Å². The van der Waals surface area contributed by atoms with Crippen molar-refractivity contribution in [3.05, 3.63) is 23.8 Å². The molecule has 3 heteroatoms. The van der Waals surface area contributed by atoms with Crippen LogP contribution in [-0.4, -0.2) is 27.7 Å². The van der Waals surface area contributed by atoms with Crippen molar-refractivity contribution in [2.75, 3.05) is 0 Å². The SMILES string of the molecule is CC1=CC(=O)CC(C)(C)[C@]1(O)/C=C/[C@@H](C)O. The predicted octanol–water partition coefficient (Wildman–Crippen LogP) is 1.60. The summed E-state index contributed by atoms with van der Waals surface area (Å²) in [4.78, 5) is 11.5. The summed E-state index contributed by atoms with van der Waals surface area (Å²) in [5, 5.41) is 19.8. The molecule has 0 unspecified atom stereocenters. The Morgan fingerprint density at radius 1 is 1.50 bits per heavy atom. The van der Waals surface area contributed by atoms with Gasteiger partial charge in [0.2, 0.25) is 0 Å². The molecule has 0 aromatic heterocycles. The fourth-order valence-corrected chi connectivity index (χ4v) is 2.14. The number of hydrogen-bond acceptors (Lipinski definition) is 3. The lowest BCUT2D eigenvalue weighted by Crippen LogP contribution is -2.48. The third-order valence-electron chi connectivity index (χ3n) is 3.24. The van der Waals surface area contributed by atoms with E-state index in [4.69, 9.17) is 0 Å². The molecule has 90 valence electrons. The Bertz CT molecular complexity index is 350. The van der Waals surface area contributed by atoms with Gasteiger partial charge in [-0.15, -0.1) is 0 Å². The summed E-state index contributed by atoms with van der Waals surface area (Å²) >= 11 is 0. The van der Waals surface area contributed by atoms with Gasteiger partial charge in [0.1, 0.15) is 5.60 Å². The summed E-state index contributed by atoms with van der Waals surface area (Å²) in [5.41, 5.74) is -1.07. The maximum Gasteiger partial charge on any atom is 0.156 e. The maximum atomic E-state index is 11.5. The van der Waals surface area contributed by atoms with Crippen LogP contribution >= 0.6 is 0 Å². The first-order chi connectivity index (χ1) is 7.19. The Hall–Kier alpha value is -0.930. The molecule has 3 nitrogen and oxygen atoms in total. The molecule has 0 bridgehead atoms. The lowest BCUT2D eigenvalue weighted by atomic mass is 9.64. The van der Waals surface area contributed by atoms with Crippen molar-refractivity contribution in [2.24, 2.45) is 5.41 Å². The van der Waals surface area contributed by atoms with E-state index in [9.17, 15) is 15.0 Å². The van der Waals surface area contributed by atoms with Crippen molar-refractivity contribution in [3.63, 3.8) is 0 Å². The number of aliphatic hydroxyl groups excluding tert-OH is 1. The first-order valence-corrected chi connectivity index (χ1v) is 5.50. The van der Waals surface area contributed by atoms with E-state index in [1.54, 1.807) is 26.0 Å². The molecule has 0 aliphatic heterocycles. The minimum atomic E-state index is -1.15. The summed E-state index contributed by atoms with van der Waals surface area (Å²) in [6.07, 6.45) is 4.33. The molecule has 1 aliphatic carbocycles. The number of hydrogen-bond donors (Lipinski definition) is 2. The molecule has 16 heavy (non-hydrogen) atoms. The minimum absolute atomic E-state index is 0.0395. The van der Waals surface area contributed by atoms with Crippen molar-refractivity contribution in [3.8, 4) is 0 Å². The maximum absolute atomic E-state index is 11.5. The van der Waals surface area contributed by atoms with Gasteiger partial charge in [0.25, 0.3) is 0 Å². The van der Waals surface area contributed by atoms with Crippen molar-refractivity contribution in [2.45, 2.75) is 45.8 Å². The van der Waals surface area contributed by atoms with Gasteiger partial charge >= 0.3 is 0 Å². The van der Waals surface area contributed by atoms with Crippen molar-refractivity contribution in [1.29, 1.82) is 0 Å². The van der Waals surface area contributed by atoms with Crippen LogP contribution in [0.25, 0.3) is 0 Å². The third kappa shape index (κ3) is 2.25. The zero-order valence-corrected chi connectivity index (χ0v) is 10.3. The fourth-order valence-electron chi connectivity index (χ4n) is 2.14. The van der Waals surface area contributed by atoms with E-state index in [-0.39, 0.29) is 5.78 Å². The van der Waals surface area contributed by atoms with Crippen LogP contribution in [0.4, 0.5) is 0 Å². The van der Waals surface area contributed by atoms with Crippen molar-refractivity contribution >= 4 is 5.78 Å².